The number of rotatable bonds is 12. The minimum atomic E-state index is -1.14. The third-order valence-electron chi connectivity index (χ3n) is 12.9. The molecule has 4 saturated carbocycles. The zero-order valence-corrected chi connectivity index (χ0v) is 32.6. The van der Waals surface area contributed by atoms with E-state index in [9.17, 15) is 14.7 Å². The quantitative estimate of drug-likeness (QED) is 0.117. The van der Waals surface area contributed by atoms with Gasteiger partial charge in [-0.05, 0) is 117 Å². The van der Waals surface area contributed by atoms with Crippen molar-refractivity contribution in [2.24, 2.45) is 27.0 Å². The summed E-state index contributed by atoms with van der Waals surface area (Å²) in [6.45, 7) is 10.0. The van der Waals surface area contributed by atoms with E-state index in [4.69, 9.17) is 20.4 Å². The molecular weight excluding hydrogens is 699 g/mol. The number of hydrogen-bond donors (Lipinski definition) is 4. The lowest BCUT2D eigenvalue weighted by molar-refractivity contribution is -0.107. The van der Waals surface area contributed by atoms with Crippen LogP contribution in [0.1, 0.15) is 107 Å². The van der Waals surface area contributed by atoms with E-state index in [0.29, 0.717) is 66.0 Å². The van der Waals surface area contributed by atoms with Gasteiger partial charge in [-0.2, -0.15) is 0 Å². The number of carbonyl (C=O) groups excluding carboxylic acids is 1. The number of amides is 1. The number of nitrogens with zero attached hydrogens (tertiary/aromatic N) is 4. The number of allylic oxidation sites excluding steroid dienone is 2. The first kappa shape index (κ1) is 36.6. The number of carboxylic acid groups (broad SMARTS) is 1. The molecule has 4 fully saturated rings. The van der Waals surface area contributed by atoms with Crippen molar-refractivity contribution in [3.8, 4) is 0 Å². The maximum Gasteiger partial charge on any atom is 0.355 e. The first-order valence-corrected chi connectivity index (χ1v) is 20.0. The number of anilines is 2. The van der Waals surface area contributed by atoms with Crippen molar-refractivity contribution in [1.29, 1.82) is 0 Å². The molecule has 4 unspecified atom stereocenters. The molecule has 54 heavy (non-hydrogen) atoms. The van der Waals surface area contributed by atoms with Crippen LogP contribution < -0.4 is 21.3 Å². The summed E-state index contributed by atoms with van der Waals surface area (Å²) >= 11 is 1.49. The van der Waals surface area contributed by atoms with E-state index in [1.54, 1.807) is 6.07 Å². The lowest BCUT2D eigenvalue weighted by Crippen LogP contribution is -2.44. The van der Waals surface area contributed by atoms with E-state index in [-0.39, 0.29) is 33.4 Å². The van der Waals surface area contributed by atoms with Crippen molar-refractivity contribution in [3.63, 3.8) is 0 Å². The number of aromatic nitrogens is 2. The highest BCUT2D eigenvalue weighted by atomic mass is 32.1. The minimum absolute atomic E-state index is 0.0235. The Balaban J connectivity index is 1.01. The molecule has 1 aromatic carbocycles. The van der Waals surface area contributed by atoms with Crippen LogP contribution in [-0.4, -0.2) is 71.6 Å². The van der Waals surface area contributed by atoms with E-state index >= 15 is 0 Å². The average molecular weight is 750 g/mol. The Bertz CT molecular complexity index is 2110. The number of carboxylic acids is 1. The van der Waals surface area contributed by atoms with Gasteiger partial charge in [-0.15, -0.1) is 0 Å². The number of hydrogen-bond acceptors (Lipinski definition) is 10. The molecule has 1 aliphatic heterocycles. The smallest absolute Gasteiger partial charge is 0.355 e. The maximum absolute atomic E-state index is 13.6. The van der Waals surface area contributed by atoms with Gasteiger partial charge in [0.1, 0.15) is 5.82 Å². The van der Waals surface area contributed by atoms with Crippen LogP contribution in [0.15, 0.2) is 47.6 Å². The first-order chi connectivity index (χ1) is 25.9. The Labute approximate surface area is 321 Å². The highest BCUT2D eigenvalue weighted by Gasteiger charge is 2.73. The van der Waals surface area contributed by atoms with Crippen molar-refractivity contribution < 1.29 is 19.4 Å². The number of aryl methyl sites for hydroxylation is 1. The van der Waals surface area contributed by atoms with Crippen molar-refractivity contribution in [2.45, 2.75) is 84.3 Å². The third-order valence-corrected chi connectivity index (χ3v) is 13.9. The van der Waals surface area contributed by atoms with Gasteiger partial charge in [-0.25, -0.2) is 14.8 Å². The Hall–Kier alpha value is -4.39. The number of benzene rings is 1. The number of aliphatic imine (C=N–C) groups is 1. The van der Waals surface area contributed by atoms with Gasteiger partial charge in [0.2, 0.25) is 0 Å². The van der Waals surface area contributed by atoms with Crippen LogP contribution in [0.3, 0.4) is 0 Å². The molecule has 0 spiro atoms. The molecule has 12 heteroatoms. The van der Waals surface area contributed by atoms with Crippen LogP contribution in [0, 0.1) is 16.2 Å². The van der Waals surface area contributed by atoms with E-state index < -0.39 is 5.97 Å². The number of nitrogens with two attached hydrogens (primary N) is 1. The van der Waals surface area contributed by atoms with E-state index in [1.165, 1.54) is 24.0 Å². The monoisotopic (exact) mass is 749 g/mol. The molecular formula is C42H51N7O4S. The lowest BCUT2D eigenvalue weighted by Gasteiger charge is -2.46. The van der Waals surface area contributed by atoms with Gasteiger partial charge in [-0.3, -0.25) is 15.1 Å². The number of fused-ring (bicyclic) bond motifs is 2. The zero-order chi connectivity index (χ0) is 37.9. The summed E-state index contributed by atoms with van der Waals surface area (Å²) in [5.41, 5.74) is 11.8. The molecule has 284 valence electrons. The van der Waals surface area contributed by atoms with Gasteiger partial charge in [-0.1, -0.05) is 43.4 Å². The molecule has 9 rings (SSSR count). The first-order valence-electron chi connectivity index (χ1n) is 19.2. The fraction of sp³-hybridized carbons (Fsp3) is 0.500. The summed E-state index contributed by atoms with van der Waals surface area (Å²) in [5.74, 6) is -0.808. The Morgan fingerprint density at radius 3 is 2.72 bits per heavy atom. The number of thiazole rings is 1. The van der Waals surface area contributed by atoms with Crippen molar-refractivity contribution in [2.75, 3.05) is 43.5 Å². The second kappa shape index (κ2) is 13.7. The van der Waals surface area contributed by atoms with Crippen LogP contribution in [0.4, 0.5) is 10.9 Å². The normalized spacial score (nSPS) is 28.3. The molecule has 1 amide bonds. The molecule has 5 aliphatic carbocycles. The van der Waals surface area contributed by atoms with Crippen LogP contribution in [0.2, 0.25) is 0 Å². The number of aromatic carboxylic acids is 1. The lowest BCUT2D eigenvalue weighted by atomic mass is 9.65. The fourth-order valence-electron chi connectivity index (χ4n) is 11.0. The van der Waals surface area contributed by atoms with Crippen LogP contribution in [0.25, 0.3) is 11.6 Å². The zero-order valence-electron chi connectivity index (χ0n) is 31.8. The van der Waals surface area contributed by atoms with Gasteiger partial charge >= 0.3 is 5.97 Å². The number of carbonyl (C=O) groups is 2. The molecule has 4 bridgehead atoms. The molecule has 11 nitrogen and oxygen atoms in total. The van der Waals surface area contributed by atoms with Crippen LogP contribution in [0.5, 0.6) is 0 Å². The van der Waals surface area contributed by atoms with Crippen molar-refractivity contribution in [1.82, 2.24) is 15.3 Å². The van der Waals surface area contributed by atoms with Gasteiger partial charge in [0.15, 0.2) is 10.8 Å². The molecule has 6 aliphatic rings. The Morgan fingerprint density at radius 2 is 1.94 bits per heavy atom. The van der Waals surface area contributed by atoms with E-state index in [1.807, 2.05) is 37.1 Å². The Kier molecular flexibility index (Phi) is 9.30. The van der Waals surface area contributed by atoms with Gasteiger partial charge in [0, 0.05) is 54.8 Å². The van der Waals surface area contributed by atoms with Crippen molar-refractivity contribution >= 4 is 51.5 Å². The molecule has 0 radical (unpaired) electrons. The van der Waals surface area contributed by atoms with E-state index in [2.05, 4.69) is 47.7 Å². The summed E-state index contributed by atoms with van der Waals surface area (Å²) in [6.07, 6.45) is 13.6. The second-order valence-electron chi connectivity index (χ2n) is 16.9. The summed E-state index contributed by atoms with van der Waals surface area (Å²) in [4.78, 5) is 44.1. The Morgan fingerprint density at radius 1 is 1.09 bits per heavy atom. The topological polar surface area (TPSA) is 155 Å². The highest BCUT2D eigenvalue weighted by molar-refractivity contribution is 7.16. The molecule has 4 atom stereocenters. The summed E-state index contributed by atoms with van der Waals surface area (Å²) in [6, 6.07) is 9.45. The van der Waals surface area contributed by atoms with Crippen LogP contribution in [-0.2, 0) is 24.1 Å². The molecule has 3 heterocycles. The van der Waals surface area contributed by atoms with Gasteiger partial charge in [0.25, 0.3) is 5.91 Å². The van der Waals surface area contributed by atoms with Crippen LogP contribution >= 0.6 is 11.3 Å². The van der Waals surface area contributed by atoms with Gasteiger partial charge < -0.3 is 25.8 Å². The fourth-order valence-corrected chi connectivity index (χ4v) is 12.0. The summed E-state index contributed by atoms with van der Waals surface area (Å²) < 4.78 is 6.64. The standard InChI is InChI=1S/C42H51N7O4S/c1-26(45-25-41-21-39(2)20-40(41,3)23-42(22-39,24-41)53-17-15-44-4)30(18-43)28-12-13-34(47-35(28)37(51)52)49-16-14-27-8-7-9-29(31(27)19-49)36(50)48-38-46-32-10-5-6-11-33(32)54-38/h6-9,11-13,18,44H,5,10,14-17,19-25,43H2,1-4H3,(H,51,52)(H,46,48,50)/b30-18+,45-26?. The molecule has 0 saturated heterocycles. The number of ether oxygens (including phenoxy) is 1. The van der Waals surface area contributed by atoms with E-state index in [0.717, 1.165) is 66.8 Å². The number of nitrogens with one attached hydrogen (secondary N) is 2. The van der Waals surface area contributed by atoms with Gasteiger partial charge in [0.05, 0.1) is 22.8 Å². The number of pyridine rings is 1. The predicted octanol–water partition coefficient (Wildman–Crippen LogP) is 6.74. The number of likely N-dealkylation sites (N-methyl/N-ethyl adjacent to an activating group) is 1. The third kappa shape index (κ3) is 6.35. The molecule has 2 aromatic heterocycles. The summed E-state index contributed by atoms with van der Waals surface area (Å²) in [5, 5.41) is 17.3. The molecule has 5 N–H and O–H groups in total. The largest absolute Gasteiger partial charge is 0.476 e. The maximum atomic E-state index is 13.6. The average Bonchev–Trinajstić information content (AvgIpc) is 3.68. The second-order valence-corrected chi connectivity index (χ2v) is 17.9. The predicted molar refractivity (Wildman–Crippen MR) is 214 cm³/mol. The molecule has 3 aromatic rings. The van der Waals surface area contributed by atoms with Crippen molar-refractivity contribution in [3.05, 3.63) is 81.1 Å². The SMILES string of the molecule is CNCCOC12CC3(C)CC(C)(C1)C(CN=C(C)/C(=C\N)c1ccc(N4CCc5cccc(C(=O)Nc6nc7c(s6)C=CCC7)c5C4)nc1C(=O)O)(C3)C2. The minimum Gasteiger partial charge on any atom is -0.476 e. The summed E-state index contributed by atoms with van der Waals surface area (Å²) in [7, 11) is 1.96. The highest BCUT2D eigenvalue weighted by Crippen LogP contribution is 2.78.